The molecule has 16 heavy (non-hydrogen) atoms. The third-order valence-electron chi connectivity index (χ3n) is 1.79. The normalized spacial score (nSPS) is 11.4. The van der Waals surface area contributed by atoms with Crippen molar-refractivity contribution in [3.05, 3.63) is 42.1 Å². The zero-order valence-electron chi connectivity index (χ0n) is 9.82. The molecule has 0 atom stereocenters. The Morgan fingerprint density at radius 2 is 1.88 bits per heavy atom. The van der Waals surface area contributed by atoms with Crippen LogP contribution < -0.4 is 10.7 Å². The Hall–Kier alpha value is -1.81. The number of nitrogens with one attached hydrogen (secondary N) is 2. The molecule has 0 aromatic heterocycles. The molecule has 0 aliphatic carbocycles. The smallest absolute Gasteiger partial charge is 0.250 e. The van der Waals surface area contributed by atoms with E-state index in [9.17, 15) is 4.79 Å². The number of rotatable bonds is 4. The van der Waals surface area contributed by atoms with Gasteiger partial charge in [0.25, 0.3) is 0 Å². The highest BCUT2D eigenvalue weighted by atomic mass is 16.1. The number of nitrogens with zero attached hydrogens (tertiary/aromatic N) is 1. The lowest BCUT2D eigenvalue weighted by atomic mass is 10.3. The Balaban J connectivity index is 2.54. The fourth-order valence-electron chi connectivity index (χ4n) is 1.28. The van der Waals surface area contributed by atoms with Gasteiger partial charge in [0.2, 0.25) is 5.91 Å². The van der Waals surface area contributed by atoms with Gasteiger partial charge >= 0.3 is 0 Å². The van der Waals surface area contributed by atoms with Gasteiger partial charge in [0.15, 0.2) is 0 Å². The molecule has 1 aromatic rings. The van der Waals surface area contributed by atoms with E-state index in [-0.39, 0.29) is 5.91 Å². The van der Waals surface area contributed by atoms with Crippen molar-refractivity contribution in [2.24, 2.45) is 0 Å². The van der Waals surface area contributed by atoms with E-state index in [4.69, 9.17) is 0 Å². The van der Waals surface area contributed by atoms with E-state index in [2.05, 4.69) is 10.7 Å². The second-order valence-electron chi connectivity index (χ2n) is 3.69. The number of para-hydroxylation sites is 1. The molecule has 1 aromatic carbocycles. The number of anilines is 1. The van der Waals surface area contributed by atoms with Gasteiger partial charge in [0, 0.05) is 31.6 Å². The topological polar surface area (TPSA) is 44.4 Å². The lowest BCUT2D eigenvalue weighted by Crippen LogP contribution is -2.29. The number of carbonyl (C=O) groups excluding carboxylic acids is 1. The van der Waals surface area contributed by atoms with Crippen molar-refractivity contribution in [3.8, 4) is 0 Å². The van der Waals surface area contributed by atoms with Crippen LogP contribution in [-0.4, -0.2) is 25.0 Å². The van der Waals surface area contributed by atoms with Gasteiger partial charge in [-0.1, -0.05) is 18.2 Å². The van der Waals surface area contributed by atoms with Gasteiger partial charge in [-0.05, 0) is 19.1 Å². The van der Waals surface area contributed by atoms with Crippen LogP contribution in [0.5, 0.6) is 0 Å². The molecule has 0 saturated carbocycles. The molecule has 0 aliphatic heterocycles. The molecule has 0 fully saturated rings. The molecule has 0 saturated heterocycles. The summed E-state index contributed by atoms with van der Waals surface area (Å²) in [6.07, 6.45) is 1.52. The first-order valence-corrected chi connectivity index (χ1v) is 5.06. The van der Waals surface area contributed by atoms with E-state index in [0.717, 1.165) is 11.4 Å². The number of amides is 1. The number of hydrogen-bond donors (Lipinski definition) is 2. The number of allylic oxidation sites excluding steroid dienone is 1. The molecule has 1 rings (SSSR count). The molecule has 4 heteroatoms. The molecule has 1 amide bonds. The summed E-state index contributed by atoms with van der Waals surface area (Å²) >= 11 is 0. The highest BCUT2D eigenvalue weighted by Crippen LogP contribution is 2.04. The first-order valence-electron chi connectivity index (χ1n) is 5.06. The van der Waals surface area contributed by atoms with E-state index < -0.39 is 0 Å². The predicted molar refractivity (Wildman–Crippen MR) is 65.7 cm³/mol. The van der Waals surface area contributed by atoms with Crippen LogP contribution in [0.15, 0.2) is 42.1 Å². The minimum absolute atomic E-state index is 0.141. The summed E-state index contributed by atoms with van der Waals surface area (Å²) in [5, 5.41) is 4.55. The van der Waals surface area contributed by atoms with E-state index in [1.165, 1.54) is 6.08 Å². The summed E-state index contributed by atoms with van der Waals surface area (Å²) in [7, 11) is 3.74. The second kappa shape index (κ2) is 5.92. The minimum atomic E-state index is -0.141. The van der Waals surface area contributed by atoms with Gasteiger partial charge in [-0.25, -0.2) is 5.01 Å². The molecule has 0 heterocycles. The number of hydrazine groups is 1. The molecule has 4 nitrogen and oxygen atoms in total. The van der Waals surface area contributed by atoms with Gasteiger partial charge in [-0.3, -0.25) is 4.79 Å². The fourth-order valence-corrected chi connectivity index (χ4v) is 1.28. The monoisotopic (exact) mass is 219 g/mol. The first kappa shape index (κ1) is 12.3. The lowest BCUT2D eigenvalue weighted by molar-refractivity contribution is -0.112. The number of carbonyl (C=O) groups is 1. The molecular weight excluding hydrogens is 202 g/mol. The van der Waals surface area contributed by atoms with Crippen LogP contribution in [0.2, 0.25) is 0 Å². The zero-order valence-corrected chi connectivity index (χ0v) is 9.82. The summed E-state index contributed by atoms with van der Waals surface area (Å²) in [5.41, 5.74) is 4.58. The van der Waals surface area contributed by atoms with E-state index in [1.807, 2.05) is 51.4 Å². The lowest BCUT2D eigenvalue weighted by Gasteiger charge is -2.13. The summed E-state index contributed by atoms with van der Waals surface area (Å²) < 4.78 is 0. The van der Waals surface area contributed by atoms with Crippen LogP contribution in [0.1, 0.15) is 6.92 Å². The fraction of sp³-hybridized carbons (Fsp3) is 0.250. The number of benzene rings is 1. The van der Waals surface area contributed by atoms with Crippen molar-refractivity contribution in [3.63, 3.8) is 0 Å². The van der Waals surface area contributed by atoms with Crippen LogP contribution in [0.3, 0.4) is 0 Å². The Kier molecular flexibility index (Phi) is 4.54. The molecule has 0 bridgehead atoms. The molecule has 0 aliphatic rings. The van der Waals surface area contributed by atoms with Crippen molar-refractivity contribution in [1.82, 2.24) is 10.4 Å². The SMILES string of the molecule is CC(=CC(=O)Nc1ccccc1)NN(C)C. The summed E-state index contributed by atoms with van der Waals surface area (Å²) in [4.78, 5) is 11.6. The van der Waals surface area contributed by atoms with Crippen molar-refractivity contribution >= 4 is 11.6 Å². The van der Waals surface area contributed by atoms with Gasteiger partial charge < -0.3 is 10.7 Å². The Labute approximate surface area is 95.9 Å². The van der Waals surface area contributed by atoms with Gasteiger partial charge in [-0.2, -0.15) is 0 Å². The highest BCUT2D eigenvalue weighted by molar-refractivity contribution is 5.99. The maximum atomic E-state index is 11.6. The Bertz CT molecular complexity index is 371. The largest absolute Gasteiger partial charge is 0.324 e. The summed E-state index contributed by atoms with van der Waals surface area (Å²) in [6.45, 7) is 1.84. The molecule has 0 radical (unpaired) electrons. The van der Waals surface area contributed by atoms with Crippen molar-refractivity contribution in [2.45, 2.75) is 6.92 Å². The average molecular weight is 219 g/mol. The van der Waals surface area contributed by atoms with E-state index >= 15 is 0 Å². The second-order valence-corrected chi connectivity index (χ2v) is 3.69. The highest BCUT2D eigenvalue weighted by Gasteiger charge is 1.99. The van der Waals surface area contributed by atoms with Crippen LogP contribution in [0.4, 0.5) is 5.69 Å². The average Bonchev–Trinajstić information content (AvgIpc) is 2.17. The summed E-state index contributed by atoms with van der Waals surface area (Å²) in [5.74, 6) is -0.141. The molecular formula is C12H17N3O. The molecule has 2 N–H and O–H groups in total. The zero-order chi connectivity index (χ0) is 12.0. The summed E-state index contributed by atoms with van der Waals surface area (Å²) in [6, 6.07) is 9.36. The van der Waals surface area contributed by atoms with Crippen molar-refractivity contribution in [2.75, 3.05) is 19.4 Å². The van der Waals surface area contributed by atoms with Crippen LogP contribution >= 0.6 is 0 Å². The molecule has 86 valence electrons. The molecule has 0 unspecified atom stereocenters. The maximum Gasteiger partial charge on any atom is 0.250 e. The van der Waals surface area contributed by atoms with Gasteiger partial charge in [-0.15, -0.1) is 0 Å². The quantitative estimate of drug-likeness (QED) is 0.597. The van der Waals surface area contributed by atoms with Crippen molar-refractivity contribution < 1.29 is 4.79 Å². The first-order chi connectivity index (χ1) is 7.58. The maximum absolute atomic E-state index is 11.6. The standard InChI is InChI=1S/C12H17N3O/c1-10(14-15(2)3)9-12(16)13-11-7-5-4-6-8-11/h4-9,14H,1-3H3,(H,13,16). The van der Waals surface area contributed by atoms with E-state index in [0.29, 0.717) is 0 Å². The van der Waals surface area contributed by atoms with Gasteiger partial charge in [0.1, 0.15) is 0 Å². The van der Waals surface area contributed by atoms with E-state index in [1.54, 1.807) is 5.01 Å². The van der Waals surface area contributed by atoms with Crippen LogP contribution in [0.25, 0.3) is 0 Å². The third kappa shape index (κ3) is 4.61. The molecule has 0 spiro atoms. The Morgan fingerprint density at radius 3 is 2.44 bits per heavy atom. The predicted octanol–water partition coefficient (Wildman–Crippen LogP) is 1.60. The third-order valence-corrected chi connectivity index (χ3v) is 1.79. The minimum Gasteiger partial charge on any atom is -0.324 e. The Morgan fingerprint density at radius 1 is 1.25 bits per heavy atom. The number of hydrogen-bond acceptors (Lipinski definition) is 3. The van der Waals surface area contributed by atoms with Gasteiger partial charge in [0.05, 0.1) is 0 Å². The van der Waals surface area contributed by atoms with Crippen LogP contribution in [0, 0.1) is 0 Å². The van der Waals surface area contributed by atoms with Crippen molar-refractivity contribution in [1.29, 1.82) is 0 Å². The van der Waals surface area contributed by atoms with Crippen LogP contribution in [-0.2, 0) is 4.79 Å².